The molecule has 0 amide bonds. The number of carbonyl (C=O) groups excluding carboxylic acids is 1. The number of nitrogens with zero attached hydrogens (tertiary/aromatic N) is 1. The van der Waals surface area contributed by atoms with E-state index in [2.05, 4.69) is 10.1 Å². The number of carbonyl (C=O) groups is 1. The Morgan fingerprint density at radius 2 is 2.05 bits per heavy atom. The molecular weight excluding hydrogens is 304 g/mol. The van der Waals surface area contributed by atoms with Crippen LogP contribution < -0.4 is 5.32 Å². The molecule has 1 aliphatic heterocycles. The summed E-state index contributed by atoms with van der Waals surface area (Å²) in [6.07, 6.45) is 1.63. The molecule has 0 unspecified atom stereocenters. The van der Waals surface area contributed by atoms with Crippen LogP contribution >= 0.6 is 0 Å². The first-order chi connectivity index (χ1) is 10.4. The number of esters is 1. The van der Waals surface area contributed by atoms with E-state index in [1.165, 1.54) is 11.4 Å². The number of hydrogen-bond donors (Lipinski definition) is 1. The van der Waals surface area contributed by atoms with Gasteiger partial charge in [-0.15, -0.1) is 0 Å². The largest absolute Gasteiger partial charge is 0.465 e. The number of nitrogens with one attached hydrogen (secondary N) is 1. The molecule has 6 nitrogen and oxygen atoms in total. The van der Waals surface area contributed by atoms with Gasteiger partial charge in [0.05, 0.1) is 18.4 Å². The Balaban J connectivity index is 2.12. The van der Waals surface area contributed by atoms with Crippen LogP contribution in [0.1, 0.15) is 28.8 Å². The molecule has 1 fully saturated rings. The molecule has 1 N–H and O–H groups in total. The van der Waals surface area contributed by atoms with Crippen molar-refractivity contribution >= 4 is 16.0 Å². The molecule has 0 bridgehead atoms. The third kappa shape index (κ3) is 4.06. The molecule has 0 spiro atoms. The van der Waals surface area contributed by atoms with Crippen LogP contribution in [0.25, 0.3) is 0 Å². The molecule has 0 aliphatic carbocycles. The summed E-state index contributed by atoms with van der Waals surface area (Å²) in [7, 11) is -0.472. The maximum atomic E-state index is 12.5. The molecule has 0 saturated carbocycles. The van der Waals surface area contributed by atoms with Gasteiger partial charge in [0.25, 0.3) is 0 Å². The summed E-state index contributed by atoms with van der Waals surface area (Å²) in [5, 5.41) is 3.22. The highest BCUT2D eigenvalue weighted by molar-refractivity contribution is 7.88. The Kier molecular flexibility index (Phi) is 5.55. The summed E-state index contributed by atoms with van der Waals surface area (Å²) >= 11 is 0. The Morgan fingerprint density at radius 3 is 2.68 bits per heavy atom. The number of hydrogen-bond acceptors (Lipinski definition) is 5. The van der Waals surface area contributed by atoms with E-state index in [-0.39, 0.29) is 11.8 Å². The van der Waals surface area contributed by atoms with E-state index in [0.29, 0.717) is 11.1 Å². The van der Waals surface area contributed by atoms with Crippen molar-refractivity contribution in [3.63, 3.8) is 0 Å². The minimum atomic E-state index is -3.41. The quantitative estimate of drug-likeness (QED) is 0.817. The van der Waals surface area contributed by atoms with Crippen molar-refractivity contribution in [2.45, 2.75) is 24.6 Å². The first-order valence-corrected chi connectivity index (χ1v) is 8.88. The van der Waals surface area contributed by atoms with E-state index >= 15 is 0 Å². The molecule has 7 heteroatoms. The first kappa shape index (κ1) is 16.9. The zero-order valence-electron chi connectivity index (χ0n) is 12.9. The SMILES string of the molecule is COC(=O)c1cccc(CS(=O)(=O)N(C)C2CCNCC2)c1. The minimum absolute atomic E-state index is 0.0371. The van der Waals surface area contributed by atoms with Gasteiger partial charge in [0.15, 0.2) is 0 Å². The van der Waals surface area contributed by atoms with Gasteiger partial charge in [-0.05, 0) is 43.6 Å². The zero-order chi connectivity index (χ0) is 16.2. The van der Waals surface area contributed by atoms with Crippen LogP contribution in [-0.2, 0) is 20.5 Å². The van der Waals surface area contributed by atoms with Gasteiger partial charge < -0.3 is 10.1 Å². The minimum Gasteiger partial charge on any atom is -0.465 e. The fourth-order valence-electron chi connectivity index (χ4n) is 2.62. The average molecular weight is 326 g/mol. The lowest BCUT2D eigenvalue weighted by atomic mass is 10.1. The van der Waals surface area contributed by atoms with Crippen molar-refractivity contribution in [2.75, 3.05) is 27.2 Å². The molecule has 1 aliphatic rings. The molecule has 0 atom stereocenters. The first-order valence-electron chi connectivity index (χ1n) is 7.28. The van der Waals surface area contributed by atoms with E-state index in [1.54, 1.807) is 31.3 Å². The van der Waals surface area contributed by atoms with Gasteiger partial charge in [0, 0.05) is 13.1 Å². The number of rotatable bonds is 5. The van der Waals surface area contributed by atoms with Crippen LogP contribution in [0.2, 0.25) is 0 Å². The molecule has 1 heterocycles. The van der Waals surface area contributed by atoms with Crippen molar-refractivity contribution in [3.8, 4) is 0 Å². The second-order valence-corrected chi connectivity index (χ2v) is 7.47. The lowest BCUT2D eigenvalue weighted by Crippen LogP contribution is -2.44. The van der Waals surface area contributed by atoms with Crippen LogP contribution in [0.5, 0.6) is 0 Å². The Hall–Kier alpha value is -1.44. The maximum absolute atomic E-state index is 12.5. The fraction of sp³-hybridized carbons (Fsp3) is 0.533. The Morgan fingerprint density at radius 1 is 1.36 bits per heavy atom. The summed E-state index contributed by atoms with van der Waals surface area (Å²) in [6, 6.07) is 6.59. The maximum Gasteiger partial charge on any atom is 0.337 e. The third-order valence-electron chi connectivity index (χ3n) is 3.96. The number of sulfonamides is 1. The predicted molar refractivity (Wildman–Crippen MR) is 84.1 cm³/mol. The van der Waals surface area contributed by atoms with E-state index in [9.17, 15) is 13.2 Å². The summed E-state index contributed by atoms with van der Waals surface area (Å²) in [6.45, 7) is 1.67. The van der Waals surface area contributed by atoms with Crippen LogP contribution in [0.4, 0.5) is 0 Å². The molecule has 2 rings (SSSR count). The smallest absolute Gasteiger partial charge is 0.337 e. The van der Waals surface area contributed by atoms with Crippen LogP contribution in [0.3, 0.4) is 0 Å². The van der Waals surface area contributed by atoms with Gasteiger partial charge in [-0.1, -0.05) is 12.1 Å². The van der Waals surface area contributed by atoms with Crippen molar-refractivity contribution in [1.82, 2.24) is 9.62 Å². The standard InChI is InChI=1S/C15H22N2O4S/c1-17(14-6-8-16-9-7-14)22(19,20)11-12-4-3-5-13(10-12)15(18)21-2/h3-5,10,14,16H,6-9,11H2,1-2H3. The van der Waals surface area contributed by atoms with Crippen molar-refractivity contribution in [3.05, 3.63) is 35.4 Å². The van der Waals surface area contributed by atoms with Gasteiger partial charge in [-0.25, -0.2) is 17.5 Å². The molecule has 122 valence electrons. The number of benzene rings is 1. The second-order valence-electron chi connectivity index (χ2n) is 5.45. The lowest BCUT2D eigenvalue weighted by Gasteiger charge is -2.30. The summed E-state index contributed by atoms with van der Waals surface area (Å²) < 4.78 is 31.2. The molecule has 1 saturated heterocycles. The summed E-state index contributed by atoms with van der Waals surface area (Å²) in [4.78, 5) is 11.5. The summed E-state index contributed by atoms with van der Waals surface area (Å²) in [5.74, 6) is -0.580. The Bertz CT molecular complexity index is 624. The Labute approximate surface area is 131 Å². The summed E-state index contributed by atoms with van der Waals surface area (Å²) in [5.41, 5.74) is 0.948. The zero-order valence-corrected chi connectivity index (χ0v) is 13.7. The number of piperidine rings is 1. The van der Waals surface area contributed by atoms with Crippen molar-refractivity contribution in [2.24, 2.45) is 0 Å². The highest BCUT2D eigenvalue weighted by Gasteiger charge is 2.27. The lowest BCUT2D eigenvalue weighted by molar-refractivity contribution is 0.0600. The van der Waals surface area contributed by atoms with Crippen LogP contribution in [0.15, 0.2) is 24.3 Å². The second kappa shape index (κ2) is 7.21. The molecule has 1 aromatic rings. The molecule has 1 aromatic carbocycles. The van der Waals surface area contributed by atoms with E-state index in [4.69, 9.17) is 0 Å². The monoisotopic (exact) mass is 326 g/mol. The van der Waals surface area contributed by atoms with E-state index < -0.39 is 16.0 Å². The molecule has 0 radical (unpaired) electrons. The van der Waals surface area contributed by atoms with E-state index in [1.807, 2.05) is 0 Å². The molecule has 22 heavy (non-hydrogen) atoms. The van der Waals surface area contributed by atoms with Gasteiger partial charge in [-0.2, -0.15) is 0 Å². The van der Waals surface area contributed by atoms with Crippen molar-refractivity contribution in [1.29, 1.82) is 0 Å². The molecule has 0 aromatic heterocycles. The van der Waals surface area contributed by atoms with Crippen LogP contribution in [-0.4, -0.2) is 52.0 Å². The predicted octanol–water partition coefficient (Wildman–Crippen LogP) is 0.987. The van der Waals surface area contributed by atoms with Crippen molar-refractivity contribution < 1.29 is 17.9 Å². The normalized spacial score (nSPS) is 16.7. The van der Waals surface area contributed by atoms with Gasteiger partial charge >= 0.3 is 5.97 Å². The van der Waals surface area contributed by atoms with Gasteiger partial charge in [0.2, 0.25) is 10.0 Å². The highest BCUT2D eigenvalue weighted by atomic mass is 32.2. The van der Waals surface area contributed by atoms with Gasteiger partial charge in [-0.3, -0.25) is 0 Å². The van der Waals surface area contributed by atoms with E-state index in [0.717, 1.165) is 25.9 Å². The number of methoxy groups -OCH3 is 1. The van der Waals surface area contributed by atoms with Gasteiger partial charge in [0.1, 0.15) is 0 Å². The third-order valence-corrected chi connectivity index (χ3v) is 5.83. The van der Waals surface area contributed by atoms with Crippen LogP contribution in [0, 0.1) is 0 Å². The topological polar surface area (TPSA) is 75.7 Å². The average Bonchev–Trinajstić information content (AvgIpc) is 2.54. The highest BCUT2D eigenvalue weighted by Crippen LogP contribution is 2.18. The fourth-order valence-corrected chi connectivity index (χ4v) is 4.09. The number of ether oxygens (including phenoxy) is 1. The molecular formula is C15H22N2O4S.